The topological polar surface area (TPSA) is 98.7 Å². The van der Waals surface area contributed by atoms with Crippen LogP contribution in [0.15, 0.2) is 61.0 Å². The highest BCUT2D eigenvalue weighted by atomic mass is 32.1. The SMILES string of the molecule is C=CC(=O)N1CC(Oc2cc3c(Nc4cc(-c5cncs5)ccc4OC)ncnc3cc2OC)C1. The molecular weight excluding hydrogens is 466 g/mol. The van der Waals surface area contributed by atoms with Crippen LogP contribution in [0.2, 0.25) is 0 Å². The Balaban J connectivity index is 1.47. The first-order chi connectivity index (χ1) is 17.1. The third-order valence-corrected chi connectivity index (χ3v) is 6.54. The van der Waals surface area contributed by atoms with Gasteiger partial charge in [-0.05, 0) is 35.9 Å². The molecular formula is C25H23N5O4S. The number of anilines is 2. The van der Waals surface area contributed by atoms with Crippen LogP contribution in [0.3, 0.4) is 0 Å². The van der Waals surface area contributed by atoms with E-state index in [2.05, 4.69) is 26.8 Å². The summed E-state index contributed by atoms with van der Waals surface area (Å²) in [7, 11) is 3.21. The van der Waals surface area contributed by atoms with Crippen molar-refractivity contribution < 1.29 is 19.0 Å². The minimum atomic E-state index is -0.137. The second-order valence-corrected chi connectivity index (χ2v) is 8.72. The standard InChI is InChI=1S/C25H23N5O4S/c1-4-24(31)30-11-16(12-30)34-22-8-17-18(9-21(22)33-3)27-13-28-25(17)29-19-7-15(5-6-20(19)32-2)23-10-26-14-35-23/h4-10,13-14,16H,1,11-12H2,2-3H3,(H,27,28,29). The summed E-state index contributed by atoms with van der Waals surface area (Å²) >= 11 is 1.56. The average molecular weight is 490 g/mol. The second kappa shape index (κ2) is 9.59. The van der Waals surface area contributed by atoms with Gasteiger partial charge in [-0.25, -0.2) is 9.97 Å². The maximum absolute atomic E-state index is 11.7. The molecule has 1 amide bonds. The van der Waals surface area contributed by atoms with Crippen molar-refractivity contribution in [3.8, 4) is 27.7 Å². The molecule has 0 unspecified atom stereocenters. The van der Waals surface area contributed by atoms with Gasteiger partial charge in [0.25, 0.3) is 0 Å². The molecule has 0 radical (unpaired) electrons. The van der Waals surface area contributed by atoms with Crippen molar-refractivity contribution in [2.24, 2.45) is 0 Å². The van der Waals surface area contributed by atoms with Gasteiger partial charge >= 0.3 is 0 Å². The largest absolute Gasteiger partial charge is 0.495 e. The molecule has 1 saturated heterocycles. The number of rotatable bonds is 8. The highest BCUT2D eigenvalue weighted by molar-refractivity contribution is 7.13. The summed E-state index contributed by atoms with van der Waals surface area (Å²) in [5, 5.41) is 4.15. The van der Waals surface area contributed by atoms with Gasteiger partial charge < -0.3 is 24.4 Å². The molecule has 0 bridgehead atoms. The van der Waals surface area contributed by atoms with Crippen LogP contribution >= 0.6 is 11.3 Å². The number of ether oxygens (including phenoxy) is 3. The Morgan fingerprint density at radius 3 is 2.69 bits per heavy atom. The van der Waals surface area contributed by atoms with E-state index in [1.165, 1.54) is 12.4 Å². The minimum absolute atomic E-state index is 0.107. The number of carbonyl (C=O) groups excluding carboxylic acids is 1. The number of aromatic nitrogens is 3. The number of nitrogens with zero attached hydrogens (tertiary/aromatic N) is 4. The fourth-order valence-corrected chi connectivity index (χ4v) is 4.48. The fraction of sp³-hybridized carbons (Fsp3) is 0.200. The van der Waals surface area contributed by atoms with E-state index in [9.17, 15) is 4.79 Å². The van der Waals surface area contributed by atoms with E-state index in [1.807, 2.05) is 36.5 Å². The second-order valence-electron chi connectivity index (χ2n) is 7.84. The van der Waals surface area contributed by atoms with Crippen molar-refractivity contribution in [3.05, 3.63) is 61.0 Å². The molecule has 1 aliphatic heterocycles. The van der Waals surface area contributed by atoms with E-state index in [1.54, 1.807) is 36.0 Å². The number of thiazole rings is 1. The Hall–Kier alpha value is -4.18. The van der Waals surface area contributed by atoms with Crippen molar-refractivity contribution in [3.63, 3.8) is 0 Å². The van der Waals surface area contributed by atoms with Crippen LogP contribution in [0, 0.1) is 0 Å². The van der Waals surface area contributed by atoms with Gasteiger partial charge in [0, 0.05) is 17.6 Å². The van der Waals surface area contributed by atoms with Crippen molar-refractivity contribution in [1.29, 1.82) is 0 Å². The van der Waals surface area contributed by atoms with Gasteiger partial charge in [-0.2, -0.15) is 0 Å². The monoisotopic (exact) mass is 489 g/mol. The van der Waals surface area contributed by atoms with E-state index < -0.39 is 0 Å². The molecule has 178 valence electrons. The number of hydrogen-bond donors (Lipinski definition) is 1. The third kappa shape index (κ3) is 4.47. The number of nitrogens with one attached hydrogen (secondary N) is 1. The number of carbonyl (C=O) groups is 1. The molecule has 1 aliphatic rings. The Labute approximate surface area is 206 Å². The molecule has 0 spiro atoms. The van der Waals surface area contributed by atoms with Crippen molar-refractivity contribution in [2.75, 3.05) is 32.6 Å². The van der Waals surface area contributed by atoms with Crippen molar-refractivity contribution >= 4 is 39.7 Å². The van der Waals surface area contributed by atoms with Gasteiger partial charge in [0.15, 0.2) is 11.5 Å². The Morgan fingerprint density at radius 1 is 1.14 bits per heavy atom. The summed E-state index contributed by atoms with van der Waals surface area (Å²) in [5.41, 5.74) is 4.27. The van der Waals surface area contributed by atoms with Crippen LogP contribution in [0.4, 0.5) is 11.5 Å². The number of likely N-dealkylation sites (tertiary alicyclic amines) is 1. The fourth-order valence-electron chi connectivity index (χ4n) is 3.86. The molecule has 2 aromatic heterocycles. The molecule has 3 heterocycles. The first-order valence-electron chi connectivity index (χ1n) is 10.8. The number of benzene rings is 2. The summed E-state index contributed by atoms with van der Waals surface area (Å²) in [6.07, 6.45) is 4.49. The van der Waals surface area contributed by atoms with Crippen molar-refractivity contribution in [2.45, 2.75) is 6.10 Å². The van der Waals surface area contributed by atoms with E-state index in [-0.39, 0.29) is 12.0 Å². The Kier molecular flexibility index (Phi) is 6.19. The lowest BCUT2D eigenvalue weighted by Gasteiger charge is -2.38. The van der Waals surface area contributed by atoms with Crippen LogP contribution in [-0.2, 0) is 4.79 Å². The van der Waals surface area contributed by atoms with Gasteiger partial charge in [0.05, 0.1) is 48.9 Å². The molecule has 4 aromatic rings. The van der Waals surface area contributed by atoms with Crippen molar-refractivity contribution in [1.82, 2.24) is 19.9 Å². The smallest absolute Gasteiger partial charge is 0.246 e. The maximum Gasteiger partial charge on any atom is 0.246 e. The molecule has 0 saturated carbocycles. The number of amides is 1. The first-order valence-corrected chi connectivity index (χ1v) is 11.7. The van der Waals surface area contributed by atoms with Crippen LogP contribution in [-0.4, -0.2) is 59.2 Å². The molecule has 0 aliphatic carbocycles. The molecule has 1 fully saturated rings. The molecule has 2 aromatic carbocycles. The number of fused-ring (bicyclic) bond motifs is 1. The highest BCUT2D eigenvalue weighted by Gasteiger charge is 2.31. The third-order valence-electron chi connectivity index (χ3n) is 5.72. The molecule has 9 nitrogen and oxygen atoms in total. The van der Waals surface area contributed by atoms with Crippen LogP contribution in [0.5, 0.6) is 17.2 Å². The van der Waals surface area contributed by atoms with Gasteiger partial charge in [-0.3, -0.25) is 9.78 Å². The summed E-state index contributed by atoms with van der Waals surface area (Å²) in [5.74, 6) is 2.28. The van der Waals surface area contributed by atoms with E-state index >= 15 is 0 Å². The lowest BCUT2D eigenvalue weighted by Crippen LogP contribution is -2.55. The first kappa shape index (κ1) is 22.6. The van der Waals surface area contributed by atoms with Crippen LogP contribution in [0.1, 0.15) is 0 Å². The summed E-state index contributed by atoms with van der Waals surface area (Å²) < 4.78 is 17.3. The highest BCUT2D eigenvalue weighted by Crippen LogP contribution is 2.38. The zero-order valence-corrected chi connectivity index (χ0v) is 20.0. The number of methoxy groups -OCH3 is 2. The predicted octanol–water partition coefficient (Wildman–Crippen LogP) is 4.29. The summed E-state index contributed by atoms with van der Waals surface area (Å²) in [4.78, 5) is 27.5. The quantitative estimate of drug-likeness (QED) is 0.366. The molecule has 0 atom stereocenters. The average Bonchev–Trinajstić information content (AvgIpc) is 3.40. The zero-order valence-electron chi connectivity index (χ0n) is 19.2. The predicted molar refractivity (Wildman–Crippen MR) is 135 cm³/mol. The molecule has 5 rings (SSSR count). The maximum atomic E-state index is 11.7. The molecule has 35 heavy (non-hydrogen) atoms. The summed E-state index contributed by atoms with van der Waals surface area (Å²) in [6.45, 7) is 4.51. The lowest BCUT2D eigenvalue weighted by molar-refractivity contribution is -0.134. The number of hydrogen-bond acceptors (Lipinski definition) is 9. The van der Waals surface area contributed by atoms with E-state index in [0.29, 0.717) is 41.7 Å². The van der Waals surface area contributed by atoms with Gasteiger partial charge in [0.1, 0.15) is 24.0 Å². The molecule has 10 heteroatoms. The van der Waals surface area contributed by atoms with E-state index in [0.717, 1.165) is 21.5 Å². The van der Waals surface area contributed by atoms with Gasteiger partial charge in [-0.15, -0.1) is 11.3 Å². The Morgan fingerprint density at radius 2 is 1.97 bits per heavy atom. The van der Waals surface area contributed by atoms with Crippen LogP contribution < -0.4 is 19.5 Å². The van der Waals surface area contributed by atoms with E-state index in [4.69, 9.17) is 14.2 Å². The Bertz CT molecular complexity index is 1390. The van der Waals surface area contributed by atoms with Gasteiger partial charge in [0.2, 0.25) is 5.91 Å². The molecule has 1 N–H and O–H groups in total. The summed E-state index contributed by atoms with van der Waals surface area (Å²) in [6, 6.07) is 9.57. The zero-order chi connectivity index (χ0) is 24.4. The lowest BCUT2D eigenvalue weighted by atomic mass is 10.1. The normalized spacial score (nSPS) is 13.3. The van der Waals surface area contributed by atoms with Gasteiger partial charge in [-0.1, -0.05) is 6.58 Å². The minimum Gasteiger partial charge on any atom is -0.495 e. The van der Waals surface area contributed by atoms with Crippen LogP contribution in [0.25, 0.3) is 21.3 Å².